The number of hydrogen-bond donors (Lipinski definition) is 0. The van der Waals surface area contributed by atoms with Crippen LogP contribution in [0.2, 0.25) is 0 Å². The zero-order valence-corrected chi connectivity index (χ0v) is 10.2. The fourth-order valence-corrected chi connectivity index (χ4v) is 0. The monoisotopic (exact) mass is 197 g/mol. The predicted molar refractivity (Wildman–Crippen MR) is 54.4 cm³/mol. The molecule has 0 unspecified atom stereocenters. The minimum Gasteiger partial charge on any atom is -0.680 e. The number of hydrogen-bond acceptors (Lipinski definition) is 0. The van der Waals surface area contributed by atoms with Gasteiger partial charge in [-0.25, -0.2) is 0 Å². The van der Waals surface area contributed by atoms with E-state index in [1.54, 1.807) is 27.7 Å². The first kappa shape index (κ1) is 41.8. The van der Waals surface area contributed by atoms with Crippen LogP contribution >= 0.6 is 0 Å². The summed E-state index contributed by atoms with van der Waals surface area (Å²) in [5.74, 6) is 0. The molecule has 1 nitrogen and oxygen atoms in total. The summed E-state index contributed by atoms with van der Waals surface area (Å²) in [6.07, 6.45) is 0. The molecule has 0 aromatic heterocycles. The Bertz CT molecular complexity index is 9.52. The van der Waals surface area contributed by atoms with E-state index in [1.165, 1.54) is 7.05 Å². The van der Waals surface area contributed by atoms with Gasteiger partial charge in [0.2, 0.25) is 0 Å². The van der Waals surface area contributed by atoms with Crippen LogP contribution < -0.4 is 0 Å². The molecule has 0 fully saturated rings. The van der Waals surface area contributed by atoms with Gasteiger partial charge in [-0.15, -0.1) is 0 Å². The second-order valence-corrected chi connectivity index (χ2v) is 0. The molecule has 1 radical (unpaired) electrons. The number of rotatable bonds is 0. The van der Waals surface area contributed by atoms with Gasteiger partial charge in [0, 0.05) is 18.6 Å². The molecule has 0 saturated carbocycles. The van der Waals surface area contributed by atoms with E-state index in [0.717, 1.165) is 0 Å². The molecule has 11 heavy (non-hydrogen) atoms. The molecule has 0 heterocycles. The van der Waals surface area contributed by atoms with Gasteiger partial charge >= 0.3 is 0 Å². The molecule has 0 atom stereocenters. The fourth-order valence-electron chi connectivity index (χ4n) is 0. The van der Waals surface area contributed by atoms with E-state index >= 15 is 0 Å². The van der Waals surface area contributed by atoms with Gasteiger partial charge in [0.15, 0.2) is 0 Å². The van der Waals surface area contributed by atoms with E-state index in [1.807, 2.05) is 0 Å². The molecule has 0 amide bonds. The van der Waals surface area contributed by atoms with E-state index in [-0.39, 0.29) is 18.6 Å². The van der Waals surface area contributed by atoms with E-state index < -0.39 is 0 Å². The van der Waals surface area contributed by atoms with Crippen LogP contribution in [0, 0.1) is 27.7 Å². The molecule has 0 aliphatic heterocycles. The van der Waals surface area contributed by atoms with Crippen molar-refractivity contribution in [1.29, 1.82) is 0 Å². The summed E-state index contributed by atoms with van der Waals surface area (Å²) in [4.78, 5) is 0. The van der Waals surface area contributed by atoms with E-state index in [0.29, 0.717) is 0 Å². The van der Waals surface area contributed by atoms with Gasteiger partial charge in [0.05, 0.1) is 0 Å². The van der Waals surface area contributed by atoms with Crippen LogP contribution in [-0.2, 0) is 18.6 Å². The second kappa shape index (κ2) is 3240. The summed E-state index contributed by atoms with van der Waals surface area (Å²) in [6.45, 7) is 20.0. The minimum atomic E-state index is 0. The molecule has 0 spiro atoms. The zero-order valence-electron chi connectivity index (χ0n) is 8.78. The van der Waals surface area contributed by atoms with Crippen molar-refractivity contribution in [1.82, 2.24) is 0 Å². The van der Waals surface area contributed by atoms with Crippen LogP contribution in [0.1, 0.15) is 27.7 Å². The Morgan fingerprint density at radius 1 is 0.545 bits per heavy atom. The molecule has 0 bridgehead atoms. The van der Waals surface area contributed by atoms with Gasteiger partial charge in [0.1, 0.15) is 0 Å². The minimum absolute atomic E-state index is 0. The van der Waals surface area contributed by atoms with Gasteiger partial charge in [-0.05, 0) is 0 Å². The van der Waals surface area contributed by atoms with Crippen molar-refractivity contribution in [3.63, 3.8) is 0 Å². The van der Waals surface area contributed by atoms with Crippen molar-refractivity contribution < 1.29 is 18.6 Å². The predicted octanol–water partition coefficient (Wildman–Crippen LogP) is 4.03. The average molecular weight is 197 g/mol. The maximum Gasteiger partial charge on any atom is 0 e. The second-order valence-electron chi connectivity index (χ2n) is 0. The first-order valence-electron chi connectivity index (χ1n) is 3.33. The topological polar surface area (TPSA) is 23.8 Å². The van der Waals surface area contributed by atoms with Crippen molar-refractivity contribution in [2.24, 2.45) is 0 Å². The Morgan fingerprint density at radius 2 is 0.545 bits per heavy atom. The molecule has 0 rings (SSSR count). The third-order valence-electron chi connectivity index (χ3n) is 0. The van der Waals surface area contributed by atoms with Crippen molar-refractivity contribution in [3.8, 4) is 0 Å². The van der Waals surface area contributed by atoms with Crippen LogP contribution in [0.5, 0.6) is 0 Å². The molecule has 0 aliphatic carbocycles. The summed E-state index contributed by atoms with van der Waals surface area (Å²) >= 11 is 0. The number of nitrogens with one attached hydrogen (secondary N) is 1. The largest absolute Gasteiger partial charge is 0.680 e. The van der Waals surface area contributed by atoms with E-state index in [4.69, 9.17) is 5.73 Å². The zero-order chi connectivity index (χ0) is 10.0. The SMILES string of the molecule is C[NH-].[CH2-]C.[CH2-]C.[CH2-]C.[CH2-]C.[V]. The van der Waals surface area contributed by atoms with E-state index in [2.05, 4.69) is 27.7 Å². The standard InChI is InChI=1S/4C2H5.CH4N.V/c5*1-2;/h4*1H2,2H3;2H,1H3;/q5*-1;. The first-order chi connectivity index (χ1) is 5.00. The van der Waals surface area contributed by atoms with Crippen LogP contribution in [-0.4, -0.2) is 7.05 Å². The van der Waals surface area contributed by atoms with Crippen molar-refractivity contribution in [2.45, 2.75) is 27.7 Å². The summed E-state index contributed by atoms with van der Waals surface area (Å²) in [6, 6.07) is 0. The average Bonchev–Trinajstić information content (AvgIpc) is 2.20. The molecule has 1 N–H and O–H groups in total. The molecule has 0 aromatic carbocycles. The van der Waals surface area contributed by atoms with Gasteiger partial charge in [-0.1, -0.05) is 0 Å². The van der Waals surface area contributed by atoms with Gasteiger partial charge in [-0.3, -0.25) is 0 Å². The van der Waals surface area contributed by atoms with Crippen LogP contribution in [0.3, 0.4) is 0 Å². The summed E-state index contributed by atoms with van der Waals surface area (Å²) in [5.41, 5.74) is 5.75. The Kier molecular flexibility index (Phi) is 12300. The van der Waals surface area contributed by atoms with Gasteiger partial charge < -0.3 is 33.4 Å². The molecular formula is C9H24NV-5. The quantitative estimate of drug-likeness (QED) is 0.523. The van der Waals surface area contributed by atoms with Crippen molar-refractivity contribution in [3.05, 3.63) is 33.4 Å². The smallest absolute Gasteiger partial charge is 0 e. The normalized spacial score (nSPS) is 2.73. The van der Waals surface area contributed by atoms with Crippen LogP contribution in [0.4, 0.5) is 0 Å². The van der Waals surface area contributed by atoms with Gasteiger partial charge in [0.25, 0.3) is 0 Å². The maximum atomic E-state index is 5.75. The molecular weight excluding hydrogens is 173 g/mol. The fraction of sp³-hybridized carbons (Fsp3) is 0.556. The summed E-state index contributed by atoms with van der Waals surface area (Å²) in [5, 5.41) is 0. The van der Waals surface area contributed by atoms with Gasteiger partial charge in [-0.2, -0.15) is 34.7 Å². The van der Waals surface area contributed by atoms with Crippen molar-refractivity contribution in [2.75, 3.05) is 7.05 Å². The molecule has 2 heteroatoms. The van der Waals surface area contributed by atoms with Crippen LogP contribution in [0.15, 0.2) is 0 Å². The van der Waals surface area contributed by atoms with E-state index in [9.17, 15) is 0 Å². The van der Waals surface area contributed by atoms with Crippen molar-refractivity contribution >= 4 is 0 Å². The Morgan fingerprint density at radius 3 is 0.545 bits per heavy atom. The Hall–Kier alpha value is 0.544. The van der Waals surface area contributed by atoms with Crippen LogP contribution in [0.25, 0.3) is 5.73 Å². The third-order valence-corrected chi connectivity index (χ3v) is 0. The molecule has 0 aliphatic rings. The molecule has 0 aromatic rings. The first-order valence-corrected chi connectivity index (χ1v) is 3.33. The Labute approximate surface area is 87.0 Å². The maximum absolute atomic E-state index is 5.75. The summed E-state index contributed by atoms with van der Waals surface area (Å²) < 4.78 is 0. The third kappa shape index (κ3) is 2600. The molecule has 0 saturated heterocycles. The summed E-state index contributed by atoms with van der Waals surface area (Å²) in [7, 11) is 1.25. The Balaban J connectivity index is -0.00000000694. The molecule has 75 valence electrons.